The Hall–Kier alpha value is -3.28. The Balaban J connectivity index is 0.00000320. The van der Waals surface area contributed by atoms with Crippen LogP contribution in [0, 0.1) is 18.6 Å². The van der Waals surface area contributed by atoms with E-state index in [0.717, 1.165) is 30.4 Å². The van der Waals surface area contributed by atoms with Gasteiger partial charge in [-0.3, -0.25) is 4.90 Å². The Labute approximate surface area is 220 Å². The number of aromatic nitrogens is 4. The van der Waals surface area contributed by atoms with E-state index in [0.29, 0.717) is 49.5 Å². The normalized spacial score (nSPS) is 18.8. The number of nitrogens with two attached hydrogens (primary N) is 1. The molecule has 5 rings (SSSR count). The molecule has 2 aromatic heterocycles. The lowest BCUT2D eigenvalue weighted by atomic mass is 10.1. The number of β-amino-alcohol motifs (C(OH)–C–C–N with tert-alkyl or cyclic N) is 1. The Morgan fingerprint density at radius 3 is 2.46 bits per heavy atom. The zero-order chi connectivity index (χ0) is 25.4. The van der Waals surface area contributed by atoms with Gasteiger partial charge in [-0.2, -0.15) is 15.1 Å². The molecule has 0 aliphatic carbocycles. The van der Waals surface area contributed by atoms with E-state index in [4.69, 9.17) is 5.73 Å². The third-order valence-electron chi connectivity index (χ3n) is 6.76. The SMILES string of the molecule is Cc1c(C=CCN2CCN(c3cc(F)cc(F)c3)C[C@@H]2C)cnn1-c1nc(N)cc(N2CC(O)C2)n1.Cl. The number of halogens is 3. The number of nitrogen functional groups attached to an aromatic ring is 1. The van der Waals surface area contributed by atoms with Crippen molar-refractivity contribution in [2.45, 2.75) is 26.0 Å². The highest BCUT2D eigenvalue weighted by molar-refractivity contribution is 5.85. The van der Waals surface area contributed by atoms with Crippen molar-refractivity contribution in [3.8, 4) is 5.95 Å². The first-order valence-electron chi connectivity index (χ1n) is 12.0. The summed E-state index contributed by atoms with van der Waals surface area (Å²) in [7, 11) is 0. The third kappa shape index (κ3) is 5.84. The van der Waals surface area contributed by atoms with Gasteiger partial charge in [0.05, 0.1) is 18.0 Å². The van der Waals surface area contributed by atoms with Gasteiger partial charge in [0, 0.05) is 68.7 Å². The highest BCUT2D eigenvalue weighted by Gasteiger charge is 2.27. The van der Waals surface area contributed by atoms with Crippen LogP contribution in [-0.4, -0.2) is 81.2 Å². The second-order valence-corrected chi connectivity index (χ2v) is 9.43. The van der Waals surface area contributed by atoms with Crippen LogP contribution in [0.1, 0.15) is 18.2 Å². The van der Waals surface area contributed by atoms with Crippen LogP contribution >= 0.6 is 12.4 Å². The number of benzene rings is 1. The molecule has 1 aromatic carbocycles. The first kappa shape index (κ1) is 26.8. The molecule has 0 saturated carbocycles. The monoisotopic (exact) mass is 532 g/mol. The minimum Gasteiger partial charge on any atom is -0.389 e. The smallest absolute Gasteiger partial charge is 0.254 e. The molecule has 3 aromatic rings. The molecule has 2 aliphatic rings. The summed E-state index contributed by atoms with van der Waals surface area (Å²) >= 11 is 0. The van der Waals surface area contributed by atoms with Gasteiger partial charge in [0.25, 0.3) is 5.95 Å². The van der Waals surface area contributed by atoms with Gasteiger partial charge in [-0.1, -0.05) is 12.2 Å². The maximum Gasteiger partial charge on any atom is 0.254 e. The number of anilines is 3. The quantitative estimate of drug-likeness (QED) is 0.500. The maximum atomic E-state index is 13.6. The second kappa shape index (κ2) is 11.0. The Morgan fingerprint density at radius 2 is 1.78 bits per heavy atom. The van der Waals surface area contributed by atoms with E-state index in [9.17, 15) is 13.9 Å². The Kier molecular flexibility index (Phi) is 7.96. The van der Waals surface area contributed by atoms with Crippen molar-refractivity contribution in [3.05, 3.63) is 59.4 Å². The Morgan fingerprint density at radius 1 is 1.05 bits per heavy atom. The van der Waals surface area contributed by atoms with Crippen molar-refractivity contribution in [2.24, 2.45) is 0 Å². The molecule has 3 N–H and O–H groups in total. The van der Waals surface area contributed by atoms with Gasteiger partial charge >= 0.3 is 0 Å². The Bertz CT molecular complexity index is 1260. The summed E-state index contributed by atoms with van der Waals surface area (Å²) in [5.74, 6) is 0.291. The number of nitrogens with zero attached hydrogens (tertiary/aromatic N) is 7. The zero-order valence-corrected chi connectivity index (χ0v) is 21.6. The van der Waals surface area contributed by atoms with Crippen molar-refractivity contribution in [2.75, 3.05) is 54.8 Å². The molecule has 0 radical (unpaired) electrons. The summed E-state index contributed by atoms with van der Waals surface area (Å²) in [6.07, 6.45) is 5.54. The minimum absolute atomic E-state index is 0. The predicted molar refractivity (Wildman–Crippen MR) is 142 cm³/mol. The molecule has 1 atom stereocenters. The van der Waals surface area contributed by atoms with Crippen molar-refractivity contribution < 1.29 is 13.9 Å². The average Bonchev–Trinajstić information content (AvgIpc) is 3.17. The fraction of sp³-hybridized carbons (Fsp3) is 0.400. The molecule has 2 aliphatic heterocycles. The summed E-state index contributed by atoms with van der Waals surface area (Å²) in [5.41, 5.74) is 8.41. The fourth-order valence-electron chi connectivity index (χ4n) is 4.66. The molecule has 198 valence electrons. The molecule has 12 heteroatoms. The van der Waals surface area contributed by atoms with Crippen LogP contribution in [0.3, 0.4) is 0 Å². The molecule has 0 spiro atoms. The van der Waals surface area contributed by atoms with Gasteiger partial charge in [0.1, 0.15) is 23.3 Å². The summed E-state index contributed by atoms with van der Waals surface area (Å²) in [6, 6.07) is 5.57. The van der Waals surface area contributed by atoms with Crippen molar-refractivity contribution in [1.82, 2.24) is 24.6 Å². The van der Waals surface area contributed by atoms with Crippen molar-refractivity contribution in [1.29, 1.82) is 0 Å². The van der Waals surface area contributed by atoms with Gasteiger partial charge in [-0.25, -0.2) is 13.5 Å². The van der Waals surface area contributed by atoms with E-state index in [1.54, 1.807) is 16.9 Å². The number of rotatable bonds is 6. The lowest BCUT2D eigenvalue weighted by Gasteiger charge is -2.40. The van der Waals surface area contributed by atoms with Crippen LogP contribution < -0.4 is 15.5 Å². The molecule has 4 heterocycles. The van der Waals surface area contributed by atoms with Crippen molar-refractivity contribution in [3.63, 3.8) is 0 Å². The number of aliphatic hydroxyl groups excluding tert-OH is 1. The molecule has 2 saturated heterocycles. The van der Waals surface area contributed by atoms with Crippen molar-refractivity contribution >= 4 is 35.8 Å². The molecular formula is C25H31ClF2N8O. The largest absolute Gasteiger partial charge is 0.389 e. The summed E-state index contributed by atoms with van der Waals surface area (Å²) in [4.78, 5) is 15.2. The lowest BCUT2D eigenvalue weighted by Crippen LogP contribution is -2.51. The second-order valence-electron chi connectivity index (χ2n) is 9.43. The van der Waals surface area contributed by atoms with Crippen LogP contribution in [0.25, 0.3) is 12.0 Å². The fourth-order valence-corrected chi connectivity index (χ4v) is 4.66. The highest BCUT2D eigenvalue weighted by atomic mass is 35.5. The first-order chi connectivity index (χ1) is 17.3. The van der Waals surface area contributed by atoms with E-state index >= 15 is 0 Å². The van der Waals surface area contributed by atoms with Gasteiger partial charge < -0.3 is 20.6 Å². The number of piperazine rings is 1. The predicted octanol–water partition coefficient (Wildman–Crippen LogP) is 2.66. The van der Waals surface area contributed by atoms with Crippen LogP contribution in [0.15, 0.2) is 36.5 Å². The molecule has 0 unspecified atom stereocenters. The van der Waals surface area contributed by atoms with E-state index in [-0.39, 0.29) is 24.6 Å². The number of hydrogen-bond acceptors (Lipinski definition) is 8. The average molecular weight is 533 g/mol. The van der Waals surface area contributed by atoms with Gasteiger partial charge in [0.15, 0.2) is 0 Å². The molecule has 37 heavy (non-hydrogen) atoms. The van der Waals surface area contributed by atoms with E-state index < -0.39 is 11.6 Å². The van der Waals surface area contributed by atoms with E-state index in [1.807, 2.05) is 22.8 Å². The van der Waals surface area contributed by atoms with Crippen LogP contribution in [-0.2, 0) is 0 Å². The van der Waals surface area contributed by atoms with E-state index in [2.05, 4.69) is 33.0 Å². The number of aliphatic hydroxyl groups is 1. The standard InChI is InChI=1S/C25H30F2N8O.ClH/c1-16-13-33(21-9-19(26)8-20(27)10-21)7-6-32(16)5-3-4-18-12-29-35(17(18)2)25-30-23(28)11-24(31-25)34-14-22(36)15-34;/h3-4,8-12,16,22,36H,5-7,13-15H2,1-2H3,(H2,28,30,31);1H/t16-;/m0./s1. The lowest BCUT2D eigenvalue weighted by molar-refractivity contribution is 0.141. The summed E-state index contributed by atoms with van der Waals surface area (Å²) in [6.45, 7) is 8.02. The molecule has 2 fully saturated rings. The minimum atomic E-state index is -0.557. The first-order valence-corrected chi connectivity index (χ1v) is 12.0. The van der Waals surface area contributed by atoms with Gasteiger partial charge in [0.2, 0.25) is 0 Å². The maximum absolute atomic E-state index is 13.6. The molecule has 9 nitrogen and oxygen atoms in total. The molecular weight excluding hydrogens is 502 g/mol. The highest BCUT2D eigenvalue weighted by Crippen LogP contribution is 2.24. The van der Waals surface area contributed by atoms with E-state index in [1.165, 1.54) is 12.1 Å². The third-order valence-corrected chi connectivity index (χ3v) is 6.76. The molecule has 0 bridgehead atoms. The van der Waals surface area contributed by atoms with Crippen LogP contribution in [0.5, 0.6) is 0 Å². The molecule has 0 amide bonds. The van der Waals surface area contributed by atoms with Gasteiger partial charge in [-0.15, -0.1) is 12.4 Å². The van der Waals surface area contributed by atoms with Crippen LogP contribution in [0.2, 0.25) is 0 Å². The van der Waals surface area contributed by atoms with Gasteiger partial charge in [-0.05, 0) is 26.0 Å². The summed E-state index contributed by atoms with van der Waals surface area (Å²) in [5, 5.41) is 14.0. The topological polar surface area (TPSA) is 99.6 Å². The van der Waals surface area contributed by atoms with Crippen LogP contribution in [0.4, 0.5) is 26.1 Å². The summed E-state index contributed by atoms with van der Waals surface area (Å²) < 4.78 is 28.9. The zero-order valence-electron chi connectivity index (χ0n) is 20.8. The number of hydrogen-bond donors (Lipinski definition) is 2.